The molecule has 0 aromatic heterocycles. The molecule has 4 atom stereocenters. The maximum atomic E-state index is 12.6. The molecule has 0 bridgehead atoms. The van der Waals surface area contributed by atoms with Crippen molar-refractivity contribution in [2.24, 2.45) is 0 Å². The third-order valence-electron chi connectivity index (χ3n) is 3.59. The van der Waals surface area contributed by atoms with Crippen LogP contribution in [0.4, 0.5) is 5.69 Å². The Hall–Kier alpha value is -0.780. The lowest BCUT2D eigenvalue weighted by molar-refractivity contribution is -0.147. The van der Waals surface area contributed by atoms with Gasteiger partial charge in [0.1, 0.15) is 10.4 Å². The fourth-order valence-corrected chi connectivity index (χ4v) is 3.95. The van der Waals surface area contributed by atoms with Crippen LogP contribution in [0, 0.1) is 0 Å². The van der Waals surface area contributed by atoms with E-state index in [0.29, 0.717) is 18.5 Å². The predicted octanol–water partition coefficient (Wildman–Crippen LogP) is 3.70. The summed E-state index contributed by atoms with van der Waals surface area (Å²) in [4.78, 5) is 23.7. The monoisotopic (exact) mass is 407 g/mol. The van der Waals surface area contributed by atoms with E-state index in [1.807, 2.05) is 18.2 Å². The quantitative estimate of drug-likeness (QED) is 0.612. The van der Waals surface area contributed by atoms with Gasteiger partial charge in [0, 0.05) is 12.6 Å². The van der Waals surface area contributed by atoms with E-state index in [4.69, 9.17) is 27.9 Å². The number of carbonyl (C=O) groups excluding carboxylic acids is 2. The van der Waals surface area contributed by atoms with Crippen molar-refractivity contribution < 1.29 is 14.3 Å². The summed E-state index contributed by atoms with van der Waals surface area (Å²) in [5, 5.41) is 1.46. The van der Waals surface area contributed by atoms with E-state index in [-0.39, 0.29) is 5.91 Å². The third kappa shape index (κ3) is 3.76. The Bertz CT molecular complexity index is 557. The first kappa shape index (κ1) is 17.6. The Morgan fingerprint density at radius 3 is 2.55 bits per heavy atom. The Morgan fingerprint density at radius 1 is 1.32 bits per heavy atom. The number of nitrogens with one attached hydrogen (secondary N) is 1. The number of amides is 1. The van der Waals surface area contributed by atoms with Crippen LogP contribution in [0.2, 0.25) is 0 Å². The van der Waals surface area contributed by atoms with E-state index in [2.05, 4.69) is 21.2 Å². The molecule has 4 unspecified atom stereocenters. The number of esters is 1. The van der Waals surface area contributed by atoms with Crippen LogP contribution < -0.4 is 5.32 Å². The SMILES string of the molecule is CC(=O)OC1CCC(Br)(C(=O)Nc2ccccc2)C(Cl)C1Cl. The Labute approximate surface area is 147 Å². The largest absolute Gasteiger partial charge is 0.461 e. The maximum Gasteiger partial charge on any atom is 0.302 e. The van der Waals surface area contributed by atoms with Crippen molar-refractivity contribution in [2.75, 3.05) is 5.32 Å². The zero-order chi connectivity index (χ0) is 16.3. The van der Waals surface area contributed by atoms with Gasteiger partial charge in [-0.1, -0.05) is 34.1 Å². The molecule has 1 aromatic carbocycles. The van der Waals surface area contributed by atoms with Crippen LogP contribution in [-0.4, -0.2) is 33.1 Å². The minimum atomic E-state index is -1.01. The molecule has 1 N–H and O–H groups in total. The molecule has 0 aliphatic heterocycles. The molecule has 0 heterocycles. The summed E-state index contributed by atoms with van der Waals surface area (Å²) in [7, 11) is 0. The van der Waals surface area contributed by atoms with E-state index >= 15 is 0 Å². The number of alkyl halides is 3. The molecule has 1 fully saturated rings. The lowest BCUT2D eigenvalue weighted by Gasteiger charge is -2.41. The average Bonchev–Trinajstić information content (AvgIpc) is 2.49. The lowest BCUT2D eigenvalue weighted by atomic mass is 9.85. The minimum absolute atomic E-state index is 0.259. The van der Waals surface area contributed by atoms with Gasteiger partial charge in [0.15, 0.2) is 0 Å². The van der Waals surface area contributed by atoms with E-state index in [1.54, 1.807) is 12.1 Å². The van der Waals surface area contributed by atoms with E-state index in [1.165, 1.54) is 6.92 Å². The van der Waals surface area contributed by atoms with Crippen molar-refractivity contribution in [3.05, 3.63) is 30.3 Å². The molecule has 1 aromatic rings. The standard InChI is InChI=1S/C15H16BrCl2NO3/c1-9(20)22-11-7-8-15(16,13(18)12(11)17)14(21)19-10-5-3-2-4-6-10/h2-6,11-13H,7-8H2,1H3,(H,19,21). The van der Waals surface area contributed by atoms with Gasteiger partial charge in [-0.05, 0) is 25.0 Å². The maximum absolute atomic E-state index is 12.6. The van der Waals surface area contributed by atoms with Crippen LogP contribution in [-0.2, 0) is 14.3 Å². The second-order valence-corrected chi connectivity index (χ2v) is 7.60. The molecule has 120 valence electrons. The average molecular weight is 409 g/mol. The molecule has 7 heteroatoms. The highest BCUT2D eigenvalue weighted by Gasteiger charge is 2.52. The van der Waals surface area contributed by atoms with Crippen LogP contribution in [0.15, 0.2) is 30.3 Å². The van der Waals surface area contributed by atoms with Gasteiger partial charge >= 0.3 is 5.97 Å². The zero-order valence-corrected chi connectivity index (χ0v) is 15.0. The Balaban J connectivity index is 2.10. The number of rotatable bonds is 3. The molecule has 4 nitrogen and oxygen atoms in total. The second-order valence-electron chi connectivity index (χ2n) is 5.22. The van der Waals surface area contributed by atoms with Gasteiger partial charge in [-0.15, -0.1) is 23.2 Å². The Morgan fingerprint density at radius 2 is 1.95 bits per heavy atom. The molecule has 0 spiro atoms. The van der Waals surface area contributed by atoms with Crippen molar-refractivity contribution in [3.8, 4) is 0 Å². The van der Waals surface area contributed by atoms with Crippen molar-refractivity contribution >= 4 is 56.7 Å². The summed E-state index contributed by atoms with van der Waals surface area (Å²) in [6.45, 7) is 1.32. The van der Waals surface area contributed by atoms with E-state index < -0.39 is 27.2 Å². The lowest BCUT2D eigenvalue weighted by Crippen LogP contribution is -2.55. The predicted molar refractivity (Wildman–Crippen MR) is 90.8 cm³/mol. The number of hydrogen-bond donors (Lipinski definition) is 1. The van der Waals surface area contributed by atoms with Crippen molar-refractivity contribution in [1.29, 1.82) is 0 Å². The number of hydrogen-bond acceptors (Lipinski definition) is 3. The molecule has 1 aliphatic carbocycles. The third-order valence-corrected chi connectivity index (χ3v) is 6.41. The zero-order valence-electron chi connectivity index (χ0n) is 11.9. The fraction of sp³-hybridized carbons (Fsp3) is 0.467. The number of carbonyl (C=O) groups is 2. The Kier molecular flexibility index (Phi) is 5.75. The first-order chi connectivity index (χ1) is 10.3. The molecule has 22 heavy (non-hydrogen) atoms. The second kappa shape index (κ2) is 7.20. The number of ether oxygens (including phenoxy) is 1. The molecule has 0 saturated heterocycles. The van der Waals surface area contributed by atoms with E-state index in [0.717, 1.165) is 0 Å². The highest BCUT2D eigenvalue weighted by molar-refractivity contribution is 9.10. The summed E-state index contributed by atoms with van der Waals surface area (Å²) in [5.41, 5.74) is 0.684. The van der Waals surface area contributed by atoms with Crippen LogP contribution >= 0.6 is 39.1 Å². The summed E-state index contributed by atoms with van der Waals surface area (Å²) in [6, 6.07) is 9.11. The highest BCUT2D eigenvalue weighted by Crippen LogP contribution is 2.43. The molecule has 2 rings (SSSR count). The summed E-state index contributed by atoms with van der Waals surface area (Å²) < 4.78 is 4.15. The number of halogens is 3. The van der Waals surface area contributed by atoms with Gasteiger partial charge < -0.3 is 10.1 Å². The van der Waals surface area contributed by atoms with Gasteiger partial charge in [-0.25, -0.2) is 0 Å². The highest BCUT2D eigenvalue weighted by atomic mass is 79.9. The summed E-state index contributed by atoms with van der Waals surface area (Å²) >= 11 is 16.1. The van der Waals surface area contributed by atoms with Crippen molar-refractivity contribution in [3.63, 3.8) is 0 Å². The van der Waals surface area contributed by atoms with Crippen LogP contribution in [0.5, 0.6) is 0 Å². The van der Waals surface area contributed by atoms with Crippen molar-refractivity contribution in [1.82, 2.24) is 0 Å². The molecular weight excluding hydrogens is 393 g/mol. The first-order valence-corrected chi connectivity index (χ1v) is 8.52. The summed E-state index contributed by atoms with van der Waals surface area (Å²) in [6.07, 6.45) is 0.391. The smallest absolute Gasteiger partial charge is 0.302 e. The van der Waals surface area contributed by atoms with Gasteiger partial charge in [0.05, 0.1) is 10.8 Å². The minimum Gasteiger partial charge on any atom is -0.461 e. The van der Waals surface area contributed by atoms with E-state index in [9.17, 15) is 9.59 Å². The number of benzene rings is 1. The molecule has 1 amide bonds. The molecule has 0 radical (unpaired) electrons. The molecular formula is C15H16BrCl2NO3. The van der Waals surface area contributed by atoms with Gasteiger partial charge in [-0.3, -0.25) is 9.59 Å². The normalized spacial score (nSPS) is 31.4. The topological polar surface area (TPSA) is 55.4 Å². The molecule has 1 saturated carbocycles. The first-order valence-electron chi connectivity index (χ1n) is 6.85. The number of anilines is 1. The summed E-state index contributed by atoms with van der Waals surface area (Å²) in [5.74, 6) is -0.666. The van der Waals surface area contributed by atoms with Gasteiger partial charge in [0.25, 0.3) is 0 Å². The van der Waals surface area contributed by atoms with Gasteiger partial charge in [-0.2, -0.15) is 0 Å². The van der Waals surface area contributed by atoms with Crippen LogP contribution in [0.1, 0.15) is 19.8 Å². The fourth-order valence-electron chi connectivity index (χ4n) is 2.42. The molecule has 1 aliphatic rings. The van der Waals surface area contributed by atoms with Crippen molar-refractivity contribution in [2.45, 2.75) is 40.9 Å². The van der Waals surface area contributed by atoms with Gasteiger partial charge in [0.2, 0.25) is 5.91 Å². The van der Waals surface area contributed by atoms with Crippen LogP contribution in [0.3, 0.4) is 0 Å². The van der Waals surface area contributed by atoms with Crippen LogP contribution in [0.25, 0.3) is 0 Å². The number of para-hydroxylation sites is 1.